The van der Waals surface area contributed by atoms with Gasteiger partial charge in [0, 0.05) is 6.04 Å². The van der Waals surface area contributed by atoms with Crippen molar-refractivity contribution in [2.24, 2.45) is 17.7 Å². The van der Waals surface area contributed by atoms with E-state index in [9.17, 15) is 8.78 Å². The summed E-state index contributed by atoms with van der Waals surface area (Å²) in [7, 11) is 0. The fourth-order valence-corrected chi connectivity index (χ4v) is 2.15. The number of hydrazine groups is 1. The van der Waals surface area contributed by atoms with Gasteiger partial charge in [0.05, 0.1) is 0 Å². The van der Waals surface area contributed by atoms with Gasteiger partial charge in [0.15, 0.2) is 11.6 Å². The number of halogens is 2. The fourth-order valence-electron chi connectivity index (χ4n) is 2.15. The Bertz CT molecular complexity index is 377. The van der Waals surface area contributed by atoms with Crippen molar-refractivity contribution in [2.75, 3.05) is 0 Å². The maximum atomic E-state index is 13.1. The third-order valence-corrected chi connectivity index (χ3v) is 3.37. The summed E-state index contributed by atoms with van der Waals surface area (Å²) in [5.41, 5.74) is 3.41. The summed E-state index contributed by atoms with van der Waals surface area (Å²) in [4.78, 5) is 0. The molecule has 3 N–H and O–H groups in total. The highest BCUT2D eigenvalue weighted by Crippen LogP contribution is 2.42. The lowest BCUT2D eigenvalue weighted by Crippen LogP contribution is -2.33. The van der Waals surface area contributed by atoms with Crippen LogP contribution in [0.4, 0.5) is 8.78 Å². The third-order valence-electron chi connectivity index (χ3n) is 3.37. The summed E-state index contributed by atoms with van der Waals surface area (Å²) in [6.45, 7) is 2.09. The molecular formula is C12H16F2N2. The van der Waals surface area contributed by atoms with Crippen molar-refractivity contribution in [1.29, 1.82) is 0 Å². The molecule has 0 aromatic heterocycles. The van der Waals surface area contributed by atoms with Gasteiger partial charge in [0.1, 0.15) is 0 Å². The van der Waals surface area contributed by atoms with Crippen molar-refractivity contribution in [2.45, 2.75) is 25.8 Å². The second-order valence-electron chi connectivity index (χ2n) is 4.51. The lowest BCUT2D eigenvalue weighted by molar-refractivity contribution is 0.352. The molecular weight excluding hydrogens is 210 g/mol. The summed E-state index contributed by atoms with van der Waals surface area (Å²) in [5, 5.41) is 0. The van der Waals surface area contributed by atoms with Crippen LogP contribution in [0.1, 0.15) is 31.4 Å². The molecule has 0 aliphatic heterocycles. The average molecular weight is 226 g/mol. The van der Waals surface area contributed by atoms with E-state index in [-0.39, 0.29) is 6.04 Å². The van der Waals surface area contributed by atoms with Gasteiger partial charge in [-0.3, -0.25) is 11.3 Å². The largest absolute Gasteiger partial charge is 0.271 e. The van der Waals surface area contributed by atoms with Crippen molar-refractivity contribution in [1.82, 2.24) is 5.43 Å². The molecule has 2 nitrogen and oxygen atoms in total. The minimum Gasteiger partial charge on any atom is -0.271 e. The van der Waals surface area contributed by atoms with E-state index in [1.165, 1.54) is 18.9 Å². The fraction of sp³-hybridized carbons (Fsp3) is 0.500. The van der Waals surface area contributed by atoms with Gasteiger partial charge in [-0.2, -0.15) is 0 Å². The van der Waals surface area contributed by atoms with Crippen LogP contribution in [0.15, 0.2) is 18.2 Å². The minimum absolute atomic E-state index is 0.109. The molecule has 2 rings (SSSR count). The molecule has 88 valence electrons. The van der Waals surface area contributed by atoms with Crippen LogP contribution in [0.25, 0.3) is 0 Å². The molecule has 1 aromatic rings. The average Bonchev–Trinajstić information content (AvgIpc) is 3.07. The van der Waals surface area contributed by atoms with Crippen LogP contribution in [0.5, 0.6) is 0 Å². The summed E-state index contributed by atoms with van der Waals surface area (Å²) in [5.74, 6) is 4.84. The first-order chi connectivity index (χ1) is 7.63. The molecule has 0 spiro atoms. The quantitative estimate of drug-likeness (QED) is 0.611. The van der Waals surface area contributed by atoms with Crippen LogP contribution in [0.2, 0.25) is 0 Å². The van der Waals surface area contributed by atoms with Crippen LogP contribution in [0.3, 0.4) is 0 Å². The van der Waals surface area contributed by atoms with Crippen LogP contribution >= 0.6 is 0 Å². The Morgan fingerprint density at radius 2 is 2.00 bits per heavy atom. The maximum absolute atomic E-state index is 13.1. The van der Waals surface area contributed by atoms with Gasteiger partial charge in [-0.05, 0) is 42.4 Å². The first kappa shape index (κ1) is 11.5. The molecule has 1 saturated carbocycles. The minimum atomic E-state index is -0.821. The molecule has 1 fully saturated rings. The second kappa shape index (κ2) is 4.47. The van der Waals surface area contributed by atoms with Gasteiger partial charge < -0.3 is 0 Å². The molecule has 0 amide bonds. The molecule has 2 unspecified atom stereocenters. The van der Waals surface area contributed by atoms with Crippen LogP contribution in [0, 0.1) is 23.5 Å². The zero-order chi connectivity index (χ0) is 11.7. The highest BCUT2D eigenvalue weighted by molar-refractivity contribution is 5.22. The Labute approximate surface area is 93.8 Å². The van der Waals surface area contributed by atoms with Crippen molar-refractivity contribution in [3.8, 4) is 0 Å². The first-order valence-electron chi connectivity index (χ1n) is 5.54. The molecule has 0 radical (unpaired) electrons. The zero-order valence-corrected chi connectivity index (χ0v) is 9.21. The summed E-state index contributed by atoms with van der Waals surface area (Å²) in [6, 6.07) is 3.84. The van der Waals surface area contributed by atoms with Gasteiger partial charge in [0.25, 0.3) is 0 Å². The molecule has 1 aliphatic rings. The maximum Gasteiger partial charge on any atom is 0.159 e. The summed E-state index contributed by atoms with van der Waals surface area (Å²) >= 11 is 0. The number of nitrogens with two attached hydrogens (primary N) is 1. The first-order valence-corrected chi connectivity index (χ1v) is 5.54. The Balaban J connectivity index is 2.21. The van der Waals surface area contributed by atoms with Crippen LogP contribution in [-0.2, 0) is 0 Å². The monoisotopic (exact) mass is 226 g/mol. The predicted octanol–water partition coefficient (Wildman–Crippen LogP) is 2.52. The van der Waals surface area contributed by atoms with E-state index in [2.05, 4.69) is 12.3 Å². The van der Waals surface area contributed by atoms with Gasteiger partial charge in [-0.1, -0.05) is 13.0 Å². The molecule has 1 aromatic carbocycles. The Kier molecular flexibility index (Phi) is 3.21. The lowest BCUT2D eigenvalue weighted by atomic mass is 9.91. The smallest absolute Gasteiger partial charge is 0.159 e. The van der Waals surface area contributed by atoms with E-state index in [1.54, 1.807) is 6.07 Å². The Morgan fingerprint density at radius 1 is 1.31 bits per heavy atom. The molecule has 0 heterocycles. The number of benzene rings is 1. The highest BCUT2D eigenvalue weighted by Gasteiger charge is 2.33. The normalized spacial score (nSPS) is 19.5. The van der Waals surface area contributed by atoms with E-state index >= 15 is 0 Å². The van der Waals surface area contributed by atoms with Crippen molar-refractivity contribution < 1.29 is 8.78 Å². The molecule has 0 saturated heterocycles. The Morgan fingerprint density at radius 3 is 2.50 bits per heavy atom. The highest BCUT2D eigenvalue weighted by atomic mass is 19.2. The van der Waals surface area contributed by atoms with E-state index in [0.29, 0.717) is 17.4 Å². The summed E-state index contributed by atoms with van der Waals surface area (Å²) < 4.78 is 25.9. The van der Waals surface area contributed by atoms with Crippen LogP contribution < -0.4 is 11.3 Å². The molecule has 4 heteroatoms. The van der Waals surface area contributed by atoms with Gasteiger partial charge in [0.2, 0.25) is 0 Å². The van der Waals surface area contributed by atoms with Crippen LogP contribution in [-0.4, -0.2) is 0 Å². The molecule has 0 bridgehead atoms. The van der Waals surface area contributed by atoms with Crippen molar-refractivity contribution >= 4 is 0 Å². The van der Waals surface area contributed by atoms with E-state index in [0.717, 1.165) is 6.07 Å². The Hall–Kier alpha value is -1.00. The standard InChI is InChI=1S/C12H16F2N2/c1-7(8-2-3-8)12(16-15)9-4-5-10(13)11(14)6-9/h4-8,12,16H,2-3,15H2,1H3. The summed E-state index contributed by atoms with van der Waals surface area (Å²) in [6.07, 6.45) is 2.39. The van der Waals surface area contributed by atoms with Gasteiger partial charge in [-0.25, -0.2) is 8.78 Å². The number of hydrogen-bond acceptors (Lipinski definition) is 2. The SMILES string of the molecule is CC(C1CC1)C(NN)c1ccc(F)c(F)c1. The van der Waals surface area contributed by atoms with E-state index < -0.39 is 11.6 Å². The number of hydrogen-bond donors (Lipinski definition) is 2. The zero-order valence-electron chi connectivity index (χ0n) is 9.21. The molecule has 2 atom stereocenters. The predicted molar refractivity (Wildman–Crippen MR) is 58.3 cm³/mol. The topological polar surface area (TPSA) is 38.0 Å². The second-order valence-corrected chi connectivity index (χ2v) is 4.51. The molecule has 1 aliphatic carbocycles. The van der Waals surface area contributed by atoms with E-state index in [4.69, 9.17) is 5.84 Å². The number of nitrogens with one attached hydrogen (secondary N) is 1. The van der Waals surface area contributed by atoms with Crippen molar-refractivity contribution in [3.63, 3.8) is 0 Å². The van der Waals surface area contributed by atoms with Gasteiger partial charge in [-0.15, -0.1) is 0 Å². The molecule has 16 heavy (non-hydrogen) atoms. The number of rotatable bonds is 4. The van der Waals surface area contributed by atoms with E-state index in [1.807, 2.05) is 0 Å². The third kappa shape index (κ3) is 2.23. The van der Waals surface area contributed by atoms with Gasteiger partial charge >= 0.3 is 0 Å². The lowest BCUT2D eigenvalue weighted by Gasteiger charge is -2.23. The van der Waals surface area contributed by atoms with Crippen molar-refractivity contribution in [3.05, 3.63) is 35.4 Å².